The number of alkyl halides is 3. The minimum absolute atomic E-state index is 0.0618. The van der Waals surface area contributed by atoms with Crippen LogP contribution in [0.1, 0.15) is 24.2 Å². The van der Waals surface area contributed by atoms with Crippen molar-refractivity contribution in [2.24, 2.45) is 0 Å². The number of amides is 1. The van der Waals surface area contributed by atoms with Gasteiger partial charge in [-0.15, -0.1) is 0 Å². The lowest BCUT2D eigenvalue weighted by molar-refractivity contribution is -0.187. The van der Waals surface area contributed by atoms with E-state index in [0.717, 1.165) is 15.3 Å². The van der Waals surface area contributed by atoms with Crippen molar-refractivity contribution in [3.05, 3.63) is 58.6 Å². The molecule has 0 spiro atoms. The third kappa shape index (κ3) is 2.10. The summed E-state index contributed by atoms with van der Waals surface area (Å²) in [4.78, 5) is 25.5. The van der Waals surface area contributed by atoms with E-state index in [0.29, 0.717) is 10.6 Å². The van der Waals surface area contributed by atoms with E-state index < -0.39 is 35.7 Å². The quantitative estimate of drug-likeness (QED) is 0.696. The van der Waals surface area contributed by atoms with Crippen LogP contribution in [0.5, 0.6) is 5.88 Å². The van der Waals surface area contributed by atoms with Crippen LogP contribution < -0.4 is 5.69 Å². The fraction of sp³-hybridized carbons (Fsp3) is 0.263. The molecule has 6 nitrogen and oxygen atoms in total. The Labute approximate surface area is 156 Å². The number of carbonyl (C=O) groups is 1. The zero-order valence-corrected chi connectivity index (χ0v) is 14.3. The van der Waals surface area contributed by atoms with E-state index in [1.165, 1.54) is 4.57 Å². The molecule has 144 valence electrons. The highest BCUT2D eigenvalue weighted by molar-refractivity contribution is 5.90. The van der Waals surface area contributed by atoms with Crippen LogP contribution in [0.2, 0.25) is 0 Å². The Kier molecular flexibility index (Phi) is 3.26. The van der Waals surface area contributed by atoms with Gasteiger partial charge in [0.15, 0.2) is 0 Å². The largest absolute Gasteiger partial charge is 0.493 e. The number of halogens is 3. The average molecular weight is 389 g/mol. The lowest BCUT2D eigenvalue weighted by atomic mass is 10.1. The molecule has 9 heteroatoms. The van der Waals surface area contributed by atoms with E-state index in [-0.39, 0.29) is 18.7 Å². The first-order valence-electron chi connectivity index (χ1n) is 8.71. The van der Waals surface area contributed by atoms with Crippen LogP contribution in [0.25, 0.3) is 16.5 Å². The fourth-order valence-corrected chi connectivity index (χ4v) is 4.45. The molecule has 0 aliphatic carbocycles. The Morgan fingerprint density at radius 1 is 1.11 bits per heavy atom. The van der Waals surface area contributed by atoms with Gasteiger partial charge >= 0.3 is 17.8 Å². The van der Waals surface area contributed by atoms with Gasteiger partial charge in [-0.3, -0.25) is 9.36 Å². The number of hydrogen-bond acceptors (Lipinski definition) is 3. The monoisotopic (exact) mass is 389 g/mol. The zero-order valence-electron chi connectivity index (χ0n) is 14.3. The molecular weight excluding hydrogens is 375 g/mol. The van der Waals surface area contributed by atoms with Crippen LogP contribution in [0.4, 0.5) is 13.2 Å². The zero-order chi connectivity index (χ0) is 19.8. The van der Waals surface area contributed by atoms with Gasteiger partial charge in [-0.05, 0) is 17.9 Å². The molecule has 1 N–H and O–H groups in total. The number of hydrogen-bond donors (Lipinski definition) is 1. The fourth-order valence-electron chi connectivity index (χ4n) is 4.45. The second-order valence-corrected chi connectivity index (χ2v) is 7.06. The standard InChI is InChI=1S/C19H14F3N3O3/c20-19(21,22)17(27)23-9-11-8-14(23)15-16(26)25(18(28)24(11)15)13-7-3-5-10-4-1-2-6-12(10)13/h1-7,11,14,26H,8-9H2/t11-,14-/m0/s1. The van der Waals surface area contributed by atoms with E-state index in [1.54, 1.807) is 24.3 Å². The summed E-state index contributed by atoms with van der Waals surface area (Å²) in [7, 11) is 0. The molecule has 28 heavy (non-hydrogen) atoms. The topological polar surface area (TPSA) is 67.5 Å². The Morgan fingerprint density at radius 2 is 1.82 bits per heavy atom. The minimum atomic E-state index is -5.00. The van der Waals surface area contributed by atoms with Crippen molar-refractivity contribution in [1.29, 1.82) is 0 Å². The van der Waals surface area contributed by atoms with Crippen LogP contribution in [-0.4, -0.2) is 37.8 Å². The van der Waals surface area contributed by atoms with Crippen LogP contribution >= 0.6 is 0 Å². The van der Waals surface area contributed by atoms with Crippen LogP contribution in [0.3, 0.4) is 0 Å². The van der Waals surface area contributed by atoms with E-state index >= 15 is 0 Å². The number of fused-ring (bicyclic) bond motifs is 6. The molecule has 1 amide bonds. The van der Waals surface area contributed by atoms with E-state index in [2.05, 4.69) is 0 Å². The summed E-state index contributed by atoms with van der Waals surface area (Å²) in [5.74, 6) is -2.37. The van der Waals surface area contributed by atoms with Gasteiger partial charge < -0.3 is 10.0 Å². The summed E-state index contributed by atoms with van der Waals surface area (Å²) in [5, 5.41) is 12.4. The molecule has 0 radical (unpaired) electrons. The number of likely N-dealkylation sites (tertiary alicyclic amines) is 1. The van der Waals surface area contributed by atoms with Crippen molar-refractivity contribution in [3.8, 4) is 11.6 Å². The SMILES string of the molecule is O=C(N1C[C@@H]2C[C@H]1c1c(O)n(-c3cccc4ccccc34)c(=O)n12)C(F)(F)F. The number of nitrogens with zero attached hydrogens (tertiary/aromatic N) is 3. The minimum Gasteiger partial charge on any atom is -0.493 e. The summed E-state index contributed by atoms with van der Waals surface area (Å²) < 4.78 is 41.1. The second-order valence-electron chi connectivity index (χ2n) is 7.06. The molecule has 5 rings (SSSR count). The van der Waals surface area contributed by atoms with Gasteiger partial charge in [-0.1, -0.05) is 36.4 Å². The van der Waals surface area contributed by atoms with Gasteiger partial charge in [-0.25, -0.2) is 9.36 Å². The lowest BCUT2D eigenvalue weighted by Gasteiger charge is -2.28. The first-order chi connectivity index (χ1) is 13.3. The third-order valence-electron chi connectivity index (χ3n) is 5.57. The Balaban J connectivity index is 1.69. The molecule has 3 heterocycles. The van der Waals surface area contributed by atoms with Gasteiger partial charge in [0.05, 0.1) is 17.8 Å². The number of aromatic hydroxyl groups is 1. The first kappa shape index (κ1) is 16.9. The van der Waals surface area contributed by atoms with Gasteiger partial charge in [0, 0.05) is 11.9 Å². The van der Waals surface area contributed by atoms with Gasteiger partial charge in [-0.2, -0.15) is 13.2 Å². The highest BCUT2D eigenvalue weighted by atomic mass is 19.4. The third-order valence-corrected chi connectivity index (χ3v) is 5.57. The maximum absolute atomic E-state index is 13.0. The highest BCUT2D eigenvalue weighted by Crippen LogP contribution is 2.49. The van der Waals surface area contributed by atoms with Crippen molar-refractivity contribution >= 4 is 16.7 Å². The van der Waals surface area contributed by atoms with Crippen LogP contribution in [-0.2, 0) is 4.79 Å². The van der Waals surface area contributed by atoms with E-state index in [4.69, 9.17) is 0 Å². The molecular formula is C19H14F3N3O3. The molecule has 0 saturated carbocycles. The Bertz CT molecular complexity index is 1190. The molecule has 2 bridgehead atoms. The van der Waals surface area contributed by atoms with Crippen molar-refractivity contribution in [3.63, 3.8) is 0 Å². The molecule has 0 unspecified atom stereocenters. The Morgan fingerprint density at radius 3 is 2.57 bits per heavy atom. The second kappa shape index (κ2) is 5.40. The maximum Gasteiger partial charge on any atom is 0.471 e. The van der Waals surface area contributed by atoms with Crippen molar-refractivity contribution in [1.82, 2.24) is 14.0 Å². The van der Waals surface area contributed by atoms with E-state index in [1.807, 2.05) is 18.2 Å². The first-order valence-corrected chi connectivity index (χ1v) is 8.71. The van der Waals surface area contributed by atoms with Crippen molar-refractivity contribution in [2.45, 2.75) is 24.7 Å². The molecule has 1 fully saturated rings. The summed E-state index contributed by atoms with van der Waals surface area (Å²) >= 11 is 0. The molecule has 1 saturated heterocycles. The predicted octanol–water partition coefficient (Wildman–Crippen LogP) is 2.89. The number of benzene rings is 2. The number of imidazole rings is 1. The molecule has 2 aliphatic rings. The maximum atomic E-state index is 13.0. The average Bonchev–Trinajstić information content (AvgIpc) is 3.31. The molecule has 2 aromatic carbocycles. The molecule has 2 aliphatic heterocycles. The van der Waals surface area contributed by atoms with Crippen molar-refractivity contribution < 1.29 is 23.1 Å². The van der Waals surface area contributed by atoms with Crippen molar-refractivity contribution in [2.75, 3.05) is 6.54 Å². The lowest BCUT2D eigenvalue weighted by Crippen LogP contribution is -2.44. The molecule has 2 atom stereocenters. The van der Waals surface area contributed by atoms with Gasteiger partial charge in [0.2, 0.25) is 5.88 Å². The van der Waals surface area contributed by atoms with Crippen LogP contribution in [0, 0.1) is 0 Å². The highest BCUT2D eigenvalue weighted by Gasteiger charge is 2.54. The van der Waals surface area contributed by atoms with Gasteiger partial charge in [0.1, 0.15) is 5.69 Å². The summed E-state index contributed by atoms with van der Waals surface area (Å²) in [6.45, 7) is -0.199. The van der Waals surface area contributed by atoms with Gasteiger partial charge in [0.25, 0.3) is 0 Å². The summed E-state index contributed by atoms with van der Waals surface area (Å²) in [5.41, 5.74) is -0.0159. The molecule has 3 aromatic rings. The summed E-state index contributed by atoms with van der Waals surface area (Å²) in [6, 6.07) is 11.0. The van der Waals surface area contributed by atoms with E-state index in [9.17, 15) is 27.9 Å². The molecule has 1 aromatic heterocycles. The number of aromatic nitrogens is 2. The number of carbonyl (C=O) groups excluding carboxylic acids is 1. The number of rotatable bonds is 1. The normalized spacial score (nSPS) is 20.8. The predicted molar refractivity (Wildman–Crippen MR) is 93.4 cm³/mol. The van der Waals surface area contributed by atoms with Crippen LogP contribution in [0.15, 0.2) is 47.3 Å². The smallest absolute Gasteiger partial charge is 0.471 e. The summed E-state index contributed by atoms with van der Waals surface area (Å²) in [6.07, 6.45) is -4.81. The Hall–Kier alpha value is -3.23.